The molecule has 3 nitrogen and oxygen atoms in total. The van der Waals surface area contributed by atoms with Crippen molar-refractivity contribution in [3.8, 4) is 0 Å². The molecule has 11 heteroatoms. The average Bonchev–Trinajstić information content (AvgIpc) is 2.79. The molecule has 0 heterocycles. The molecule has 0 amide bonds. The Morgan fingerprint density at radius 2 is 0.848 bits per heavy atom. The molecule has 33 heavy (non-hydrogen) atoms. The van der Waals surface area contributed by atoms with Gasteiger partial charge in [-0.05, 0) is 15.6 Å². The number of benzene rings is 3. The fraction of sp³-hybridized carbons (Fsp3) is 0.182. The van der Waals surface area contributed by atoms with Gasteiger partial charge in [-0.25, -0.2) is 0 Å². The van der Waals surface area contributed by atoms with Gasteiger partial charge in [-0.2, -0.15) is 26.3 Å². The second-order valence-electron chi connectivity index (χ2n) is 7.04. The molecule has 0 aromatic heterocycles. The summed E-state index contributed by atoms with van der Waals surface area (Å²) in [5, 5.41) is 1.89. The molecule has 3 aromatic carbocycles. The van der Waals surface area contributed by atoms with Crippen LogP contribution in [-0.4, -0.2) is 49.0 Å². The largest absolute Gasteiger partial charge is 0.895 e. The van der Waals surface area contributed by atoms with Crippen molar-refractivity contribution in [1.82, 2.24) is 0 Å². The molecule has 0 aliphatic heterocycles. The van der Waals surface area contributed by atoms with Crippen LogP contribution in [0.1, 0.15) is 0 Å². The van der Waals surface area contributed by atoms with E-state index in [0.29, 0.717) is 15.6 Å². The molecular formula is C22H19AlF6O3Si. The van der Waals surface area contributed by atoms with Crippen molar-refractivity contribution in [2.75, 3.05) is 13.2 Å². The van der Waals surface area contributed by atoms with Gasteiger partial charge in [0.2, 0.25) is 0 Å². The lowest BCUT2D eigenvalue weighted by molar-refractivity contribution is -0.173. The lowest BCUT2D eigenvalue weighted by atomic mass is 10.3. The van der Waals surface area contributed by atoms with E-state index in [2.05, 4.69) is 0 Å². The maximum Gasteiger partial charge on any atom is 0.895 e. The number of hydrogen-bond acceptors (Lipinski definition) is 3. The summed E-state index contributed by atoms with van der Waals surface area (Å²) in [4.78, 5) is 0. The quantitative estimate of drug-likeness (QED) is 0.254. The molecule has 0 saturated heterocycles. The predicted octanol–water partition coefficient (Wildman–Crippen LogP) is 3.81. The van der Waals surface area contributed by atoms with E-state index < -0.39 is 49.0 Å². The summed E-state index contributed by atoms with van der Waals surface area (Å²) in [6.07, 6.45) is -9.51. The molecule has 0 aliphatic rings. The zero-order chi connectivity index (χ0) is 24.0. The van der Waals surface area contributed by atoms with Crippen molar-refractivity contribution in [2.24, 2.45) is 0 Å². The highest BCUT2D eigenvalue weighted by molar-refractivity contribution is 7.09. The lowest BCUT2D eigenvalue weighted by Gasteiger charge is -2.35. The molecule has 3 rings (SSSR count). The van der Waals surface area contributed by atoms with Crippen LogP contribution in [0.25, 0.3) is 0 Å². The number of halogens is 6. The van der Waals surface area contributed by atoms with Crippen LogP contribution in [0, 0.1) is 0 Å². The smallest absolute Gasteiger partial charge is 0.489 e. The van der Waals surface area contributed by atoms with Crippen LogP contribution in [0.15, 0.2) is 91.0 Å². The van der Waals surface area contributed by atoms with Gasteiger partial charge in [0.25, 0.3) is 8.32 Å². The third kappa shape index (κ3) is 7.17. The first kappa shape index (κ1) is 25.5. The minimum absolute atomic E-state index is 0.631. The van der Waals surface area contributed by atoms with E-state index in [4.69, 9.17) is 11.1 Å². The molecule has 0 spiro atoms. The van der Waals surface area contributed by atoms with E-state index >= 15 is 0 Å². The number of rotatable bonds is 9. The van der Waals surface area contributed by atoms with E-state index in [9.17, 15) is 26.3 Å². The molecule has 0 N–H and O–H groups in total. The third-order valence-electron chi connectivity index (χ3n) is 4.58. The zero-order valence-corrected chi connectivity index (χ0v) is 19.3. The third-order valence-corrected chi connectivity index (χ3v) is 11.1. The average molecular weight is 500 g/mol. The second kappa shape index (κ2) is 10.9. The van der Waals surface area contributed by atoms with Crippen LogP contribution < -0.4 is 15.6 Å². The molecule has 0 atom stereocenters. The molecule has 0 saturated carbocycles. The first-order valence-electron chi connectivity index (χ1n) is 9.81. The monoisotopic (exact) mass is 500 g/mol. The van der Waals surface area contributed by atoms with E-state index in [1.807, 2.05) is 0 Å². The summed E-state index contributed by atoms with van der Waals surface area (Å²) >= 11 is -3.95. The Kier molecular flexibility index (Phi) is 8.39. The van der Waals surface area contributed by atoms with Gasteiger partial charge in [0, 0.05) is 0 Å². The Bertz CT molecular complexity index is 873. The fourth-order valence-electron chi connectivity index (χ4n) is 3.31. The van der Waals surface area contributed by atoms with Gasteiger partial charge in [-0.3, -0.25) is 0 Å². The first-order chi connectivity index (χ1) is 15.6. The molecule has 0 unspecified atom stereocenters. The second-order valence-corrected chi connectivity index (χ2v) is 12.3. The molecular weight excluding hydrogens is 481 g/mol. The van der Waals surface area contributed by atoms with Gasteiger partial charge in [0.15, 0.2) is 0 Å². The first-order valence-corrected chi connectivity index (χ1v) is 13.1. The van der Waals surface area contributed by atoms with Gasteiger partial charge in [-0.15, -0.1) is 0 Å². The van der Waals surface area contributed by atoms with Crippen molar-refractivity contribution >= 4 is 39.0 Å². The van der Waals surface area contributed by atoms with Gasteiger partial charge < -0.3 is 11.1 Å². The maximum absolute atomic E-state index is 12.9. The van der Waals surface area contributed by atoms with Gasteiger partial charge in [0.05, 0.1) is 0 Å². The number of alkyl halides is 6. The summed E-state index contributed by atoms with van der Waals surface area (Å²) in [5.74, 6) is 0. The van der Waals surface area contributed by atoms with E-state index in [-0.39, 0.29) is 0 Å². The normalized spacial score (nSPS) is 12.5. The maximum atomic E-state index is 12.9. The van der Waals surface area contributed by atoms with Crippen LogP contribution in [0.4, 0.5) is 26.3 Å². The highest BCUT2D eigenvalue weighted by Gasteiger charge is 2.51. The highest BCUT2D eigenvalue weighted by atomic mass is 28.4. The number of hydrogen-bond donors (Lipinski definition) is 0. The highest BCUT2D eigenvalue weighted by Crippen LogP contribution is 2.20. The van der Waals surface area contributed by atoms with Crippen LogP contribution in [0.3, 0.4) is 0 Å². The van der Waals surface area contributed by atoms with Gasteiger partial charge >= 0.3 is 27.5 Å². The van der Waals surface area contributed by atoms with Crippen molar-refractivity contribution in [3.05, 3.63) is 91.0 Å². The minimum Gasteiger partial charge on any atom is -0.489 e. The molecule has 3 aromatic rings. The standard InChI is InChI=1S/C18H15OSi.2C2H2F3O.Al/c19-20(16-10-4-1-5-11-16,17-12-6-2-7-13-17)18-14-8-3-9-15-18;2*3-2(4,5)1-6;/h1-15H;2*1H2;/q3*-1;+3. The molecule has 0 radical (unpaired) electrons. The Balaban J connectivity index is 2.13. The Morgan fingerprint density at radius 3 is 1.12 bits per heavy atom. The van der Waals surface area contributed by atoms with E-state index in [1.54, 1.807) is 91.0 Å². The summed E-state index contributed by atoms with van der Waals surface area (Å²) in [6.45, 7) is -3.55. The van der Waals surface area contributed by atoms with Crippen molar-refractivity contribution in [3.63, 3.8) is 0 Å². The zero-order valence-electron chi connectivity index (χ0n) is 17.1. The summed E-state index contributed by atoms with van der Waals surface area (Å²) in [6, 6.07) is 26.1. The summed E-state index contributed by atoms with van der Waals surface area (Å²) in [7, 11) is -3.60. The molecule has 0 bridgehead atoms. The molecule has 0 aliphatic carbocycles. The predicted molar refractivity (Wildman–Crippen MR) is 115 cm³/mol. The van der Waals surface area contributed by atoms with Crippen molar-refractivity contribution in [1.29, 1.82) is 0 Å². The van der Waals surface area contributed by atoms with Crippen LogP contribution in [-0.2, 0) is 11.1 Å². The molecule has 174 valence electrons. The Labute approximate surface area is 193 Å². The minimum atomic E-state index is -4.76. The lowest BCUT2D eigenvalue weighted by Crippen LogP contribution is -2.71. The van der Waals surface area contributed by atoms with Crippen LogP contribution in [0.2, 0.25) is 0 Å². The summed E-state index contributed by atoms with van der Waals surface area (Å²) in [5.41, 5.74) is 0. The van der Waals surface area contributed by atoms with Crippen molar-refractivity contribution < 1.29 is 37.4 Å². The molecule has 0 fully saturated rings. The SMILES string of the molecule is FC(F)(F)C[O][Al]([O]CC(F)(F)F)[O][Si](c1ccccc1)(c1ccccc1)c1ccccc1. The fourth-order valence-corrected chi connectivity index (χ4v) is 10.4. The van der Waals surface area contributed by atoms with Gasteiger partial charge in [0.1, 0.15) is 13.2 Å². The Morgan fingerprint density at radius 1 is 0.545 bits per heavy atom. The van der Waals surface area contributed by atoms with Crippen LogP contribution in [0.5, 0.6) is 0 Å². The topological polar surface area (TPSA) is 27.7 Å². The van der Waals surface area contributed by atoms with E-state index in [0.717, 1.165) is 0 Å². The summed E-state index contributed by atoms with van der Waals surface area (Å²) < 4.78 is 93.1. The van der Waals surface area contributed by atoms with E-state index in [1.165, 1.54) is 0 Å². The van der Waals surface area contributed by atoms with Gasteiger partial charge in [-0.1, -0.05) is 91.0 Å². The Hall–Kier alpha value is -2.13. The van der Waals surface area contributed by atoms with Crippen molar-refractivity contribution in [2.45, 2.75) is 12.4 Å². The van der Waals surface area contributed by atoms with Crippen LogP contribution >= 0.6 is 0 Å².